The molecule has 0 aliphatic heterocycles. The molecule has 17 heavy (non-hydrogen) atoms. The van der Waals surface area contributed by atoms with E-state index in [0.717, 1.165) is 18.7 Å². The van der Waals surface area contributed by atoms with E-state index in [2.05, 4.69) is 18.9 Å². The van der Waals surface area contributed by atoms with Gasteiger partial charge >= 0.3 is 0 Å². The first-order chi connectivity index (χ1) is 8.15. The van der Waals surface area contributed by atoms with E-state index in [1.807, 2.05) is 12.1 Å². The van der Waals surface area contributed by atoms with Gasteiger partial charge in [0.25, 0.3) is 0 Å². The maximum atomic E-state index is 5.31. The normalized spacial score (nSPS) is 10.5. The van der Waals surface area contributed by atoms with E-state index in [4.69, 9.17) is 14.2 Å². The minimum absolute atomic E-state index is 0.637. The predicted molar refractivity (Wildman–Crippen MR) is 68.1 cm³/mol. The summed E-state index contributed by atoms with van der Waals surface area (Å²) in [5.41, 5.74) is 1.14. The fourth-order valence-corrected chi connectivity index (χ4v) is 1.65. The third kappa shape index (κ3) is 3.27. The SMILES string of the molecule is CCN(C)Cc1cc(OC)c(OC)c(OC)c1. The van der Waals surface area contributed by atoms with E-state index in [0.29, 0.717) is 17.2 Å². The van der Waals surface area contributed by atoms with Crippen molar-refractivity contribution in [1.29, 1.82) is 0 Å². The molecule has 1 rings (SSSR count). The number of ether oxygens (including phenoxy) is 3. The Morgan fingerprint density at radius 2 is 1.53 bits per heavy atom. The molecular weight excluding hydrogens is 218 g/mol. The molecule has 0 atom stereocenters. The van der Waals surface area contributed by atoms with Crippen LogP contribution in [0.1, 0.15) is 12.5 Å². The highest BCUT2D eigenvalue weighted by Gasteiger charge is 2.13. The molecule has 0 spiro atoms. The van der Waals surface area contributed by atoms with Gasteiger partial charge in [-0.05, 0) is 31.3 Å². The zero-order valence-electron chi connectivity index (χ0n) is 11.2. The van der Waals surface area contributed by atoms with Gasteiger partial charge in [-0.3, -0.25) is 0 Å². The van der Waals surface area contributed by atoms with Crippen molar-refractivity contribution in [2.45, 2.75) is 13.5 Å². The smallest absolute Gasteiger partial charge is 0.203 e. The zero-order valence-corrected chi connectivity index (χ0v) is 11.2. The van der Waals surface area contributed by atoms with Gasteiger partial charge in [-0.1, -0.05) is 6.92 Å². The van der Waals surface area contributed by atoms with Gasteiger partial charge in [-0.15, -0.1) is 0 Å². The lowest BCUT2D eigenvalue weighted by molar-refractivity contribution is 0.318. The number of rotatable bonds is 6. The Labute approximate surface area is 103 Å². The monoisotopic (exact) mass is 239 g/mol. The third-order valence-electron chi connectivity index (χ3n) is 2.72. The van der Waals surface area contributed by atoms with Gasteiger partial charge in [0.2, 0.25) is 5.75 Å². The zero-order chi connectivity index (χ0) is 12.8. The molecule has 1 aromatic carbocycles. The molecule has 0 saturated heterocycles. The lowest BCUT2D eigenvalue weighted by atomic mass is 10.1. The average molecular weight is 239 g/mol. The lowest BCUT2D eigenvalue weighted by Gasteiger charge is -2.17. The minimum atomic E-state index is 0.637. The molecular formula is C13H21NO3. The second-order valence-corrected chi connectivity index (χ2v) is 3.86. The van der Waals surface area contributed by atoms with Crippen LogP contribution in [0, 0.1) is 0 Å². The summed E-state index contributed by atoms with van der Waals surface area (Å²) in [6.45, 7) is 3.97. The molecule has 0 fully saturated rings. The number of hydrogen-bond acceptors (Lipinski definition) is 4. The van der Waals surface area contributed by atoms with Crippen molar-refractivity contribution in [3.8, 4) is 17.2 Å². The molecule has 0 heterocycles. The van der Waals surface area contributed by atoms with Crippen LogP contribution in [-0.4, -0.2) is 39.8 Å². The van der Waals surface area contributed by atoms with Gasteiger partial charge in [-0.25, -0.2) is 0 Å². The molecule has 0 amide bonds. The van der Waals surface area contributed by atoms with E-state index in [9.17, 15) is 0 Å². The Bertz CT molecular complexity index is 341. The van der Waals surface area contributed by atoms with Crippen molar-refractivity contribution in [3.63, 3.8) is 0 Å². The maximum absolute atomic E-state index is 5.31. The summed E-state index contributed by atoms with van der Waals surface area (Å²) in [7, 11) is 6.94. The van der Waals surface area contributed by atoms with E-state index in [1.54, 1.807) is 21.3 Å². The van der Waals surface area contributed by atoms with Crippen LogP contribution in [0.5, 0.6) is 17.2 Å². The van der Waals surface area contributed by atoms with Crippen molar-refractivity contribution in [2.75, 3.05) is 34.9 Å². The fourth-order valence-electron chi connectivity index (χ4n) is 1.65. The summed E-state index contributed by atoms with van der Waals surface area (Å²) < 4.78 is 15.9. The highest BCUT2D eigenvalue weighted by Crippen LogP contribution is 2.38. The largest absolute Gasteiger partial charge is 0.493 e. The molecule has 4 nitrogen and oxygen atoms in total. The maximum Gasteiger partial charge on any atom is 0.203 e. The highest BCUT2D eigenvalue weighted by atomic mass is 16.5. The molecule has 96 valence electrons. The molecule has 0 unspecified atom stereocenters. The topological polar surface area (TPSA) is 30.9 Å². The standard InChI is InChI=1S/C13H21NO3/c1-6-14(2)9-10-7-11(15-3)13(17-5)12(8-10)16-4/h7-8H,6,9H2,1-5H3. The van der Waals surface area contributed by atoms with Gasteiger partial charge in [0.1, 0.15) is 0 Å². The van der Waals surface area contributed by atoms with Crippen molar-refractivity contribution in [3.05, 3.63) is 17.7 Å². The van der Waals surface area contributed by atoms with Crippen LogP contribution in [0.25, 0.3) is 0 Å². The second kappa shape index (κ2) is 6.35. The number of benzene rings is 1. The Morgan fingerprint density at radius 1 is 1.00 bits per heavy atom. The molecule has 4 heteroatoms. The Hall–Kier alpha value is -1.42. The summed E-state index contributed by atoms with van der Waals surface area (Å²) in [6.07, 6.45) is 0. The molecule has 1 aromatic rings. The third-order valence-corrected chi connectivity index (χ3v) is 2.72. The first-order valence-corrected chi connectivity index (χ1v) is 5.63. The second-order valence-electron chi connectivity index (χ2n) is 3.86. The predicted octanol–water partition coefficient (Wildman–Crippen LogP) is 2.16. The molecule has 0 aromatic heterocycles. The lowest BCUT2D eigenvalue weighted by Crippen LogP contribution is -2.16. The van der Waals surface area contributed by atoms with Crippen molar-refractivity contribution in [1.82, 2.24) is 4.90 Å². The Balaban J connectivity index is 3.08. The minimum Gasteiger partial charge on any atom is -0.493 e. The summed E-state index contributed by atoms with van der Waals surface area (Å²) in [5.74, 6) is 2.04. The van der Waals surface area contributed by atoms with Crippen LogP contribution in [0.2, 0.25) is 0 Å². The van der Waals surface area contributed by atoms with Gasteiger partial charge in [-0.2, -0.15) is 0 Å². The van der Waals surface area contributed by atoms with E-state index in [-0.39, 0.29) is 0 Å². The van der Waals surface area contributed by atoms with Gasteiger partial charge in [0, 0.05) is 6.54 Å². The molecule has 0 saturated carbocycles. The number of nitrogens with zero attached hydrogens (tertiary/aromatic N) is 1. The number of methoxy groups -OCH3 is 3. The summed E-state index contributed by atoms with van der Waals surface area (Å²) in [6, 6.07) is 3.96. The first kappa shape index (κ1) is 13.6. The van der Waals surface area contributed by atoms with Crippen LogP contribution in [0.15, 0.2) is 12.1 Å². The van der Waals surface area contributed by atoms with E-state index in [1.165, 1.54) is 0 Å². The van der Waals surface area contributed by atoms with Crippen LogP contribution >= 0.6 is 0 Å². The van der Waals surface area contributed by atoms with E-state index < -0.39 is 0 Å². The first-order valence-electron chi connectivity index (χ1n) is 5.63. The Morgan fingerprint density at radius 3 is 1.88 bits per heavy atom. The average Bonchev–Trinajstić information content (AvgIpc) is 2.37. The van der Waals surface area contributed by atoms with Gasteiger partial charge < -0.3 is 19.1 Å². The molecule has 0 aliphatic rings. The summed E-state index contributed by atoms with van der Waals surface area (Å²) in [4.78, 5) is 2.21. The van der Waals surface area contributed by atoms with Crippen molar-refractivity contribution < 1.29 is 14.2 Å². The summed E-state index contributed by atoms with van der Waals surface area (Å²) in [5, 5.41) is 0. The van der Waals surface area contributed by atoms with E-state index >= 15 is 0 Å². The van der Waals surface area contributed by atoms with Crippen molar-refractivity contribution >= 4 is 0 Å². The number of hydrogen-bond donors (Lipinski definition) is 0. The quantitative estimate of drug-likeness (QED) is 0.761. The molecule has 0 N–H and O–H groups in total. The van der Waals surface area contributed by atoms with Crippen LogP contribution < -0.4 is 14.2 Å². The molecule has 0 bridgehead atoms. The molecule has 0 radical (unpaired) electrons. The van der Waals surface area contributed by atoms with Gasteiger partial charge in [0.05, 0.1) is 21.3 Å². The molecule has 0 aliphatic carbocycles. The summed E-state index contributed by atoms with van der Waals surface area (Å²) >= 11 is 0. The van der Waals surface area contributed by atoms with Crippen LogP contribution in [0.3, 0.4) is 0 Å². The van der Waals surface area contributed by atoms with Gasteiger partial charge in [0.15, 0.2) is 11.5 Å². The van der Waals surface area contributed by atoms with Crippen molar-refractivity contribution in [2.24, 2.45) is 0 Å². The van der Waals surface area contributed by atoms with Crippen LogP contribution in [-0.2, 0) is 6.54 Å². The Kier molecular flexibility index (Phi) is 5.10. The van der Waals surface area contributed by atoms with Crippen LogP contribution in [0.4, 0.5) is 0 Å². The highest BCUT2D eigenvalue weighted by molar-refractivity contribution is 5.53. The fraction of sp³-hybridized carbons (Fsp3) is 0.538.